The number of halogens is 9. The fourth-order valence-corrected chi connectivity index (χ4v) is 12.3. The molecule has 0 saturated heterocycles. The minimum atomic E-state index is -6.27. The van der Waals surface area contributed by atoms with E-state index in [1.165, 1.54) is 0 Å². The van der Waals surface area contributed by atoms with E-state index in [4.69, 9.17) is 9.22 Å². The molecule has 0 radical (unpaired) electrons. The van der Waals surface area contributed by atoms with Gasteiger partial charge in [0.1, 0.15) is 0 Å². The summed E-state index contributed by atoms with van der Waals surface area (Å²) < 4.78 is 134. The molecule has 0 unspecified atom stereocenters. The SMILES string of the molecule is C=CC[CH2][Sn]([O]C(C)(C)C(F)(F)F)([O]C(C)(C)C(F)(F)F)[O]C(C)(C)C(F)(F)F. The van der Waals surface area contributed by atoms with Gasteiger partial charge in [-0.3, -0.25) is 0 Å². The zero-order valence-corrected chi connectivity index (χ0v) is 19.7. The van der Waals surface area contributed by atoms with E-state index in [2.05, 4.69) is 6.58 Å². The number of allylic oxidation sites excluding steroid dienone is 1. The van der Waals surface area contributed by atoms with Gasteiger partial charge in [-0.15, -0.1) is 0 Å². The average molecular weight is 555 g/mol. The second kappa shape index (κ2) is 8.73. The van der Waals surface area contributed by atoms with Crippen LogP contribution in [0.25, 0.3) is 0 Å². The zero-order chi connectivity index (χ0) is 23.7. The van der Waals surface area contributed by atoms with Gasteiger partial charge in [-0.1, -0.05) is 0 Å². The van der Waals surface area contributed by atoms with Crippen molar-refractivity contribution in [3.8, 4) is 0 Å². The van der Waals surface area contributed by atoms with Gasteiger partial charge in [-0.05, 0) is 0 Å². The molecule has 29 heavy (non-hydrogen) atoms. The summed E-state index contributed by atoms with van der Waals surface area (Å²) in [6, 6.07) is 0. The quantitative estimate of drug-likeness (QED) is 0.183. The van der Waals surface area contributed by atoms with Crippen LogP contribution in [0.4, 0.5) is 39.5 Å². The third-order valence-electron chi connectivity index (χ3n) is 3.93. The maximum absolute atomic E-state index is 13.4. The summed E-state index contributed by atoms with van der Waals surface area (Å²) >= 11 is -6.27. The second-order valence-corrected chi connectivity index (χ2v) is 14.9. The monoisotopic (exact) mass is 556 g/mol. The first-order valence-electron chi connectivity index (χ1n) is 8.35. The van der Waals surface area contributed by atoms with Gasteiger partial charge in [0, 0.05) is 0 Å². The van der Waals surface area contributed by atoms with Crippen molar-refractivity contribution in [3.63, 3.8) is 0 Å². The van der Waals surface area contributed by atoms with Crippen molar-refractivity contribution in [2.24, 2.45) is 0 Å². The van der Waals surface area contributed by atoms with E-state index in [-0.39, 0.29) is 6.42 Å². The van der Waals surface area contributed by atoms with E-state index in [0.29, 0.717) is 41.5 Å². The summed E-state index contributed by atoms with van der Waals surface area (Å²) in [7, 11) is 0. The minimum absolute atomic E-state index is 0.272. The third-order valence-corrected chi connectivity index (χ3v) is 13.5. The fraction of sp³-hybridized carbons (Fsp3) is 0.875. The Balaban J connectivity index is 6.55. The van der Waals surface area contributed by atoms with E-state index < -0.39 is 59.4 Å². The van der Waals surface area contributed by atoms with Gasteiger partial charge in [-0.25, -0.2) is 0 Å². The molecule has 0 rings (SSSR count). The Labute approximate surface area is 169 Å². The molecule has 0 atom stereocenters. The van der Waals surface area contributed by atoms with E-state index in [0.717, 1.165) is 6.08 Å². The number of alkyl halides is 9. The van der Waals surface area contributed by atoms with Gasteiger partial charge in [0.05, 0.1) is 0 Å². The Bertz CT molecular complexity index is 494. The molecule has 3 nitrogen and oxygen atoms in total. The molecule has 0 fully saturated rings. The molecule has 0 saturated carbocycles. The molecule has 0 bridgehead atoms. The van der Waals surface area contributed by atoms with Gasteiger partial charge in [-0.2, -0.15) is 0 Å². The van der Waals surface area contributed by atoms with E-state index in [9.17, 15) is 39.5 Å². The normalized spacial score (nSPS) is 15.6. The van der Waals surface area contributed by atoms with Gasteiger partial charge < -0.3 is 0 Å². The number of hydrogen-bond acceptors (Lipinski definition) is 3. The average Bonchev–Trinajstić information content (AvgIpc) is 2.39. The zero-order valence-electron chi connectivity index (χ0n) is 16.8. The standard InChI is InChI=1S/3C4H6F3O.C4H7.Sn/c3*1-3(2,8)4(5,6)7;1-3-4-2;/h3*1-2H3;3H,1-2,4H2;/q3*-1;;+3. The predicted molar refractivity (Wildman–Crippen MR) is 89.0 cm³/mol. The summed E-state index contributed by atoms with van der Waals surface area (Å²) in [4.78, 5) is 0. The Morgan fingerprint density at radius 2 is 0.862 bits per heavy atom. The topological polar surface area (TPSA) is 27.7 Å². The van der Waals surface area contributed by atoms with Crippen LogP contribution in [0.15, 0.2) is 12.7 Å². The Hall–Kier alpha value is -0.211. The van der Waals surface area contributed by atoms with Crippen molar-refractivity contribution in [2.75, 3.05) is 0 Å². The van der Waals surface area contributed by atoms with Crippen LogP contribution in [-0.2, 0) is 9.22 Å². The van der Waals surface area contributed by atoms with Gasteiger partial charge in [0.2, 0.25) is 0 Å². The molecular weight excluding hydrogens is 530 g/mol. The Morgan fingerprint density at radius 1 is 0.621 bits per heavy atom. The summed E-state index contributed by atoms with van der Waals surface area (Å²) in [5.74, 6) is 0. The van der Waals surface area contributed by atoms with E-state index in [1.807, 2.05) is 0 Å². The molecule has 13 heteroatoms. The molecular formula is C16H25F9O3Sn. The first kappa shape index (κ1) is 28.8. The van der Waals surface area contributed by atoms with Gasteiger partial charge in [0.15, 0.2) is 0 Å². The summed E-state index contributed by atoms with van der Waals surface area (Å²) in [6.45, 7) is 6.22. The van der Waals surface area contributed by atoms with Crippen LogP contribution in [0, 0.1) is 0 Å². The van der Waals surface area contributed by atoms with Crippen LogP contribution >= 0.6 is 0 Å². The first-order chi connectivity index (χ1) is 12.4. The van der Waals surface area contributed by atoms with Crippen molar-refractivity contribution in [1.29, 1.82) is 0 Å². The van der Waals surface area contributed by atoms with Crippen LogP contribution in [-0.4, -0.2) is 55.0 Å². The van der Waals surface area contributed by atoms with Gasteiger partial charge in [0.25, 0.3) is 0 Å². The molecule has 0 aliphatic carbocycles. The second-order valence-electron chi connectivity index (χ2n) is 7.84. The molecule has 174 valence electrons. The molecule has 0 N–H and O–H groups in total. The van der Waals surface area contributed by atoms with Crippen LogP contribution < -0.4 is 0 Å². The molecule has 0 aromatic heterocycles. The van der Waals surface area contributed by atoms with Crippen LogP contribution in [0.3, 0.4) is 0 Å². The van der Waals surface area contributed by atoms with E-state index >= 15 is 0 Å². The van der Waals surface area contributed by atoms with Crippen molar-refractivity contribution in [1.82, 2.24) is 0 Å². The van der Waals surface area contributed by atoms with Gasteiger partial charge >= 0.3 is 169 Å². The van der Waals surface area contributed by atoms with E-state index in [1.54, 1.807) is 0 Å². The van der Waals surface area contributed by atoms with Crippen molar-refractivity contribution in [3.05, 3.63) is 12.7 Å². The van der Waals surface area contributed by atoms with Crippen molar-refractivity contribution >= 4 is 19.6 Å². The van der Waals surface area contributed by atoms with Crippen LogP contribution in [0.1, 0.15) is 48.0 Å². The fourth-order valence-electron chi connectivity index (χ4n) is 1.83. The Morgan fingerprint density at radius 3 is 1.03 bits per heavy atom. The van der Waals surface area contributed by atoms with Crippen LogP contribution in [0.5, 0.6) is 0 Å². The Kier molecular flexibility index (Phi) is 8.67. The molecule has 0 aromatic carbocycles. The third kappa shape index (κ3) is 7.46. The van der Waals surface area contributed by atoms with Crippen molar-refractivity contribution < 1.29 is 48.7 Å². The molecule has 0 heterocycles. The molecule has 0 aliphatic heterocycles. The predicted octanol–water partition coefficient (Wildman–Crippen LogP) is 6.57. The summed E-state index contributed by atoms with van der Waals surface area (Å²) in [5.41, 5.74) is -9.35. The molecule has 0 aliphatic rings. The summed E-state index contributed by atoms with van der Waals surface area (Å²) in [6.07, 6.45) is -14.5. The molecule has 0 aromatic rings. The number of rotatable bonds is 9. The summed E-state index contributed by atoms with van der Waals surface area (Å²) in [5, 5.41) is 0. The van der Waals surface area contributed by atoms with Crippen LogP contribution in [0.2, 0.25) is 4.44 Å². The first-order valence-corrected chi connectivity index (χ1v) is 13.9. The molecule has 0 spiro atoms. The number of hydrogen-bond donors (Lipinski definition) is 0. The van der Waals surface area contributed by atoms with Crippen molar-refractivity contribution in [2.45, 2.75) is 87.7 Å². The molecule has 0 amide bonds. The maximum atomic E-state index is 13.4.